The maximum absolute atomic E-state index is 10.6. The smallest absolute Gasteiger partial charge is 0.124 e. The highest BCUT2D eigenvalue weighted by Crippen LogP contribution is 2.39. The van der Waals surface area contributed by atoms with Crippen LogP contribution in [-0.4, -0.2) is 24.4 Å². The normalized spacial score (nSPS) is 25.8. The maximum atomic E-state index is 10.6. The van der Waals surface area contributed by atoms with Gasteiger partial charge >= 0.3 is 0 Å². The van der Waals surface area contributed by atoms with Gasteiger partial charge in [0.1, 0.15) is 11.9 Å². The van der Waals surface area contributed by atoms with Crippen molar-refractivity contribution >= 4 is 0 Å². The van der Waals surface area contributed by atoms with Gasteiger partial charge in [0.15, 0.2) is 0 Å². The lowest BCUT2D eigenvalue weighted by Gasteiger charge is -2.38. The summed E-state index contributed by atoms with van der Waals surface area (Å²) >= 11 is 0. The Hall–Kier alpha value is -1.06. The molecular formula is C15H22O3. The van der Waals surface area contributed by atoms with Crippen molar-refractivity contribution < 1.29 is 14.6 Å². The van der Waals surface area contributed by atoms with E-state index in [2.05, 4.69) is 0 Å². The van der Waals surface area contributed by atoms with Crippen LogP contribution in [0.2, 0.25) is 0 Å². The monoisotopic (exact) mass is 250 g/mol. The first-order chi connectivity index (χ1) is 8.57. The molecule has 0 radical (unpaired) electrons. The van der Waals surface area contributed by atoms with Crippen molar-refractivity contribution in [3.8, 4) is 5.75 Å². The molecule has 1 aliphatic rings. The van der Waals surface area contributed by atoms with Crippen molar-refractivity contribution in [2.75, 3.05) is 13.7 Å². The summed E-state index contributed by atoms with van der Waals surface area (Å²) in [6.07, 6.45) is 2.41. The van der Waals surface area contributed by atoms with Gasteiger partial charge in [0.25, 0.3) is 0 Å². The molecule has 0 saturated carbocycles. The number of benzene rings is 1. The van der Waals surface area contributed by atoms with E-state index in [4.69, 9.17) is 9.47 Å². The fourth-order valence-corrected chi connectivity index (χ4v) is 2.57. The zero-order chi connectivity index (χ0) is 13.2. The number of aliphatic hydroxyl groups excluding tert-OH is 1. The van der Waals surface area contributed by atoms with Crippen LogP contribution in [-0.2, 0) is 4.74 Å². The Morgan fingerprint density at radius 2 is 2.17 bits per heavy atom. The van der Waals surface area contributed by atoms with Gasteiger partial charge in [0.05, 0.1) is 12.7 Å². The molecule has 1 aromatic carbocycles. The van der Waals surface area contributed by atoms with Crippen LogP contribution >= 0.6 is 0 Å². The molecular weight excluding hydrogens is 228 g/mol. The molecule has 1 fully saturated rings. The van der Waals surface area contributed by atoms with Gasteiger partial charge in [0, 0.05) is 12.2 Å². The molecule has 18 heavy (non-hydrogen) atoms. The van der Waals surface area contributed by atoms with E-state index in [1.54, 1.807) is 7.11 Å². The quantitative estimate of drug-likeness (QED) is 0.896. The number of rotatable bonds is 3. The van der Waals surface area contributed by atoms with Crippen LogP contribution in [0.1, 0.15) is 43.4 Å². The number of methoxy groups -OCH3 is 1. The Morgan fingerprint density at radius 3 is 2.78 bits per heavy atom. The molecule has 1 heterocycles. The van der Waals surface area contributed by atoms with Crippen molar-refractivity contribution in [2.45, 2.75) is 44.8 Å². The summed E-state index contributed by atoms with van der Waals surface area (Å²) in [5.74, 6) is 0.725. The SMILES string of the molecule is COc1ccc(C)cc1C(O)C1(C)CCCCO1. The lowest BCUT2D eigenvalue weighted by atomic mass is 9.85. The van der Waals surface area contributed by atoms with E-state index in [1.807, 2.05) is 32.0 Å². The highest BCUT2D eigenvalue weighted by Gasteiger charge is 2.38. The van der Waals surface area contributed by atoms with Crippen LogP contribution in [0.25, 0.3) is 0 Å². The van der Waals surface area contributed by atoms with Crippen molar-refractivity contribution in [2.24, 2.45) is 0 Å². The maximum Gasteiger partial charge on any atom is 0.124 e. The first-order valence-corrected chi connectivity index (χ1v) is 6.53. The van der Waals surface area contributed by atoms with Crippen LogP contribution in [0.15, 0.2) is 18.2 Å². The zero-order valence-electron chi connectivity index (χ0n) is 11.4. The molecule has 2 atom stereocenters. The molecule has 0 spiro atoms. The van der Waals surface area contributed by atoms with Crippen LogP contribution < -0.4 is 4.74 Å². The molecule has 0 bridgehead atoms. The fourth-order valence-electron chi connectivity index (χ4n) is 2.57. The minimum Gasteiger partial charge on any atom is -0.496 e. The summed E-state index contributed by atoms with van der Waals surface area (Å²) in [5.41, 5.74) is 1.44. The summed E-state index contributed by atoms with van der Waals surface area (Å²) in [5, 5.41) is 10.6. The Balaban J connectivity index is 2.32. The minimum atomic E-state index is -0.646. The standard InChI is InChI=1S/C15H22O3/c1-11-6-7-13(17-3)12(10-11)14(16)15(2)8-4-5-9-18-15/h6-7,10,14,16H,4-5,8-9H2,1-3H3. The molecule has 0 aromatic heterocycles. The van der Waals surface area contributed by atoms with Crippen molar-refractivity contribution in [3.63, 3.8) is 0 Å². The van der Waals surface area contributed by atoms with Gasteiger partial charge in [0.2, 0.25) is 0 Å². The largest absolute Gasteiger partial charge is 0.496 e. The third-order valence-corrected chi connectivity index (χ3v) is 3.76. The first-order valence-electron chi connectivity index (χ1n) is 6.53. The number of aryl methyl sites for hydroxylation is 1. The van der Waals surface area contributed by atoms with E-state index < -0.39 is 11.7 Å². The number of aliphatic hydroxyl groups is 1. The summed E-state index contributed by atoms with van der Waals surface area (Å²) in [7, 11) is 1.63. The van der Waals surface area contributed by atoms with Crippen LogP contribution in [0, 0.1) is 6.92 Å². The number of hydrogen-bond acceptors (Lipinski definition) is 3. The highest BCUT2D eigenvalue weighted by molar-refractivity contribution is 5.39. The van der Waals surface area contributed by atoms with Crippen molar-refractivity contribution in [1.82, 2.24) is 0 Å². The summed E-state index contributed by atoms with van der Waals surface area (Å²) < 4.78 is 11.2. The van der Waals surface area contributed by atoms with Gasteiger partial charge in [-0.25, -0.2) is 0 Å². The fraction of sp³-hybridized carbons (Fsp3) is 0.600. The molecule has 0 amide bonds. The zero-order valence-corrected chi connectivity index (χ0v) is 11.4. The minimum absolute atomic E-state index is 0.501. The Labute approximate surface area is 109 Å². The van der Waals surface area contributed by atoms with Crippen LogP contribution in [0.3, 0.4) is 0 Å². The van der Waals surface area contributed by atoms with Gasteiger partial charge in [-0.05, 0) is 45.2 Å². The Morgan fingerprint density at radius 1 is 1.39 bits per heavy atom. The number of hydrogen-bond donors (Lipinski definition) is 1. The van der Waals surface area contributed by atoms with E-state index in [9.17, 15) is 5.11 Å². The van der Waals surface area contributed by atoms with Crippen LogP contribution in [0.5, 0.6) is 5.75 Å². The topological polar surface area (TPSA) is 38.7 Å². The van der Waals surface area contributed by atoms with Crippen molar-refractivity contribution in [3.05, 3.63) is 29.3 Å². The summed E-state index contributed by atoms with van der Waals surface area (Å²) in [4.78, 5) is 0. The second-order valence-corrected chi connectivity index (χ2v) is 5.27. The van der Waals surface area contributed by atoms with E-state index >= 15 is 0 Å². The molecule has 3 heteroatoms. The Kier molecular flexibility index (Phi) is 3.93. The molecule has 2 rings (SSSR count). The molecule has 100 valence electrons. The predicted molar refractivity (Wildman–Crippen MR) is 70.9 cm³/mol. The molecule has 0 aliphatic carbocycles. The Bertz CT molecular complexity index is 408. The van der Waals surface area contributed by atoms with Gasteiger partial charge in [-0.1, -0.05) is 11.6 Å². The molecule has 2 unspecified atom stereocenters. The third-order valence-electron chi connectivity index (χ3n) is 3.76. The molecule has 1 N–H and O–H groups in total. The highest BCUT2D eigenvalue weighted by atomic mass is 16.5. The van der Waals surface area contributed by atoms with Gasteiger partial charge in [-0.2, -0.15) is 0 Å². The predicted octanol–water partition coefficient (Wildman–Crippen LogP) is 3.00. The van der Waals surface area contributed by atoms with Gasteiger partial charge in [-0.3, -0.25) is 0 Å². The average molecular weight is 250 g/mol. The lowest BCUT2D eigenvalue weighted by Crippen LogP contribution is -2.39. The first kappa shape index (κ1) is 13.4. The molecule has 3 nitrogen and oxygen atoms in total. The van der Waals surface area contributed by atoms with Gasteiger partial charge in [-0.15, -0.1) is 0 Å². The average Bonchev–Trinajstić information content (AvgIpc) is 2.38. The summed E-state index contributed by atoms with van der Waals surface area (Å²) in [6, 6.07) is 5.87. The number of ether oxygens (including phenoxy) is 2. The van der Waals surface area contributed by atoms with E-state index in [1.165, 1.54) is 0 Å². The molecule has 1 saturated heterocycles. The molecule has 1 aliphatic heterocycles. The second kappa shape index (κ2) is 5.29. The van der Waals surface area contributed by atoms with E-state index in [0.717, 1.165) is 42.7 Å². The summed E-state index contributed by atoms with van der Waals surface area (Å²) in [6.45, 7) is 4.72. The van der Waals surface area contributed by atoms with Crippen LogP contribution in [0.4, 0.5) is 0 Å². The third kappa shape index (κ3) is 2.52. The van der Waals surface area contributed by atoms with Crippen molar-refractivity contribution in [1.29, 1.82) is 0 Å². The molecule has 1 aromatic rings. The van der Waals surface area contributed by atoms with Gasteiger partial charge < -0.3 is 14.6 Å². The van der Waals surface area contributed by atoms with E-state index in [-0.39, 0.29) is 0 Å². The second-order valence-electron chi connectivity index (χ2n) is 5.27. The van der Waals surface area contributed by atoms with E-state index in [0.29, 0.717) is 0 Å². The lowest BCUT2D eigenvalue weighted by molar-refractivity contribution is -0.138.